The standard InChI is InChI=1S/C31H34F4N2O5/c32-26-6-1-19(14-25(26)28(39)40)18-8-11-36(12-9-18)23-7-10-30(42-17-23,21-2-3-21)29(41)37-15-20-13-22(31(33,34)35)4-5-24(20)27(38)16-37/h1,4-6,13-14,18,21,23,27,38H,2-3,7-12,15-17H2,(H,39,40)/t23?,27-,30+/m1/s1. The van der Waals surface area contributed by atoms with E-state index in [9.17, 15) is 37.4 Å². The number of nitrogens with zero attached hydrogens (tertiary/aromatic N) is 2. The number of aliphatic hydroxyl groups is 1. The second kappa shape index (κ2) is 10.9. The molecule has 6 rings (SSSR count). The number of carboxylic acid groups (broad SMARTS) is 1. The fraction of sp³-hybridized carbons (Fsp3) is 0.548. The number of aromatic carboxylic acids is 1. The van der Waals surface area contributed by atoms with Crippen molar-refractivity contribution in [2.24, 2.45) is 5.92 Å². The lowest BCUT2D eigenvalue weighted by atomic mass is 9.83. The van der Waals surface area contributed by atoms with Crippen molar-refractivity contribution in [1.82, 2.24) is 9.80 Å². The summed E-state index contributed by atoms with van der Waals surface area (Å²) in [5.74, 6) is -2.10. The molecule has 4 aliphatic rings. The highest BCUT2D eigenvalue weighted by Gasteiger charge is 2.56. The normalized spacial score (nSPS) is 27.5. The predicted molar refractivity (Wildman–Crippen MR) is 143 cm³/mol. The zero-order chi connectivity index (χ0) is 29.8. The minimum Gasteiger partial charge on any atom is -0.478 e. The SMILES string of the molecule is O=C(O)c1cc(C2CCN(C3CC[C@@](C(=O)N4Cc5cc(C(F)(F)F)ccc5[C@H](O)C4)(C4CC4)OC3)CC2)ccc1F. The van der Waals surface area contributed by atoms with E-state index in [1.807, 2.05) is 0 Å². The maximum absolute atomic E-state index is 14.0. The van der Waals surface area contributed by atoms with Gasteiger partial charge in [-0.05, 0) is 104 Å². The van der Waals surface area contributed by atoms with Crippen molar-refractivity contribution in [3.8, 4) is 0 Å². The first-order chi connectivity index (χ1) is 20.0. The molecule has 2 saturated heterocycles. The van der Waals surface area contributed by atoms with Gasteiger partial charge in [-0.1, -0.05) is 12.1 Å². The molecule has 42 heavy (non-hydrogen) atoms. The van der Waals surface area contributed by atoms with E-state index in [1.54, 1.807) is 6.07 Å². The minimum atomic E-state index is -4.52. The number of carbonyl (C=O) groups excluding carboxylic acids is 1. The molecule has 1 aliphatic carbocycles. The van der Waals surface area contributed by atoms with Gasteiger partial charge in [0.15, 0.2) is 0 Å². The summed E-state index contributed by atoms with van der Waals surface area (Å²) in [5.41, 5.74) is -0.616. The molecule has 11 heteroatoms. The van der Waals surface area contributed by atoms with Crippen molar-refractivity contribution in [1.29, 1.82) is 0 Å². The Bertz CT molecular complexity index is 1360. The molecule has 0 aromatic heterocycles. The number of rotatable bonds is 5. The Balaban J connectivity index is 1.10. The number of amides is 1. The number of benzene rings is 2. The number of carbonyl (C=O) groups is 2. The van der Waals surface area contributed by atoms with Crippen molar-refractivity contribution < 1.29 is 42.1 Å². The molecule has 0 bridgehead atoms. The first kappa shape index (κ1) is 29.1. The average molecular weight is 591 g/mol. The lowest BCUT2D eigenvalue weighted by Gasteiger charge is -2.47. The number of piperidine rings is 1. The molecule has 0 radical (unpaired) electrons. The summed E-state index contributed by atoms with van der Waals surface area (Å²) in [7, 11) is 0. The van der Waals surface area contributed by atoms with Crippen LogP contribution in [0.25, 0.3) is 0 Å². The first-order valence-corrected chi connectivity index (χ1v) is 14.5. The van der Waals surface area contributed by atoms with Crippen molar-refractivity contribution in [2.75, 3.05) is 26.2 Å². The molecular formula is C31H34F4N2O5. The topological polar surface area (TPSA) is 90.3 Å². The van der Waals surface area contributed by atoms with E-state index in [0.29, 0.717) is 24.2 Å². The van der Waals surface area contributed by atoms with Crippen LogP contribution in [0.4, 0.5) is 17.6 Å². The number of hydrogen-bond donors (Lipinski definition) is 2. The van der Waals surface area contributed by atoms with Crippen LogP contribution in [0.2, 0.25) is 0 Å². The van der Waals surface area contributed by atoms with E-state index in [1.165, 1.54) is 23.1 Å². The second-order valence-electron chi connectivity index (χ2n) is 12.1. The van der Waals surface area contributed by atoms with E-state index in [2.05, 4.69) is 4.90 Å². The monoisotopic (exact) mass is 590 g/mol. The zero-order valence-electron chi connectivity index (χ0n) is 23.1. The Morgan fingerprint density at radius 2 is 1.74 bits per heavy atom. The summed E-state index contributed by atoms with van der Waals surface area (Å²) < 4.78 is 60.3. The number of halogens is 4. The van der Waals surface area contributed by atoms with Crippen LogP contribution >= 0.6 is 0 Å². The third-order valence-electron chi connectivity index (χ3n) is 9.59. The van der Waals surface area contributed by atoms with Crippen LogP contribution in [0.3, 0.4) is 0 Å². The highest BCUT2D eigenvalue weighted by molar-refractivity contribution is 5.88. The maximum atomic E-state index is 14.0. The van der Waals surface area contributed by atoms with Crippen LogP contribution < -0.4 is 0 Å². The van der Waals surface area contributed by atoms with Crippen molar-refractivity contribution in [3.05, 3.63) is 70.0 Å². The molecular weight excluding hydrogens is 556 g/mol. The molecule has 1 unspecified atom stereocenters. The number of hydrogen-bond acceptors (Lipinski definition) is 5. The van der Waals surface area contributed by atoms with Crippen LogP contribution in [0, 0.1) is 11.7 Å². The molecule has 3 atom stereocenters. The maximum Gasteiger partial charge on any atom is 0.416 e. The molecule has 1 saturated carbocycles. The lowest BCUT2D eigenvalue weighted by Crippen LogP contribution is -2.59. The summed E-state index contributed by atoms with van der Waals surface area (Å²) in [5, 5.41) is 20.0. The summed E-state index contributed by atoms with van der Waals surface area (Å²) in [6.07, 6.45) is -1.07. The highest BCUT2D eigenvalue weighted by Crippen LogP contribution is 2.49. The van der Waals surface area contributed by atoms with E-state index in [-0.39, 0.29) is 42.4 Å². The number of likely N-dealkylation sites (tertiary alicyclic amines) is 1. The van der Waals surface area contributed by atoms with Gasteiger partial charge in [-0.15, -0.1) is 0 Å². The summed E-state index contributed by atoms with van der Waals surface area (Å²) in [6, 6.07) is 7.69. The number of fused-ring (bicyclic) bond motifs is 1. The molecule has 2 N–H and O–H groups in total. The number of alkyl halides is 3. The third kappa shape index (κ3) is 5.42. The Labute approximate surface area is 241 Å². The number of β-amino-alcohol motifs (C(OH)–C–C–N with tert-alkyl or cyclic N) is 1. The molecule has 1 amide bonds. The molecule has 3 heterocycles. The van der Waals surface area contributed by atoms with Gasteiger partial charge in [-0.25, -0.2) is 9.18 Å². The first-order valence-electron chi connectivity index (χ1n) is 14.5. The molecule has 226 valence electrons. The van der Waals surface area contributed by atoms with Gasteiger partial charge in [-0.2, -0.15) is 13.2 Å². The predicted octanol–water partition coefficient (Wildman–Crippen LogP) is 5.13. The van der Waals surface area contributed by atoms with E-state index < -0.39 is 35.2 Å². The largest absolute Gasteiger partial charge is 0.478 e. The lowest BCUT2D eigenvalue weighted by molar-refractivity contribution is -0.178. The molecule has 2 aromatic rings. The molecule has 3 aliphatic heterocycles. The summed E-state index contributed by atoms with van der Waals surface area (Å²) in [6.45, 7) is 1.90. The number of ether oxygens (including phenoxy) is 1. The van der Waals surface area contributed by atoms with Crippen LogP contribution in [0.1, 0.15) is 83.2 Å². The Morgan fingerprint density at radius 3 is 2.36 bits per heavy atom. The van der Waals surface area contributed by atoms with E-state index in [4.69, 9.17) is 4.74 Å². The van der Waals surface area contributed by atoms with Gasteiger partial charge in [0.1, 0.15) is 11.4 Å². The Hall–Kier alpha value is -3.02. The Morgan fingerprint density at radius 1 is 1.00 bits per heavy atom. The van der Waals surface area contributed by atoms with Crippen LogP contribution in [0.15, 0.2) is 36.4 Å². The minimum absolute atomic E-state index is 0.00308. The van der Waals surface area contributed by atoms with Gasteiger partial charge in [0.2, 0.25) is 0 Å². The summed E-state index contributed by atoms with van der Waals surface area (Å²) >= 11 is 0. The summed E-state index contributed by atoms with van der Waals surface area (Å²) in [4.78, 5) is 29.1. The fourth-order valence-corrected chi connectivity index (χ4v) is 7.09. The average Bonchev–Trinajstić information content (AvgIpc) is 3.83. The molecule has 7 nitrogen and oxygen atoms in total. The van der Waals surface area contributed by atoms with Crippen molar-refractivity contribution in [2.45, 2.75) is 74.9 Å². The van der Waals surface area contributed by atoms with Gasteiger partial charge in [0.05, 0.1) is 30.4 Å². The van der Waals surface area contributed by atoms with E-state index >= 15 is 0 Å². The molecule has 2 aromatic carbocycles. The molecule has 0 spiro atoms. The van der Waals surface area contributed by atoms with Crippen molar-refractivity contribution >= 4 is 11.9 Å². The van der Waals surface area contributed by atoms with Crippen LogP contribution in [0.5, 0.6) is 0 Å². The van der Waals surface area contributed by atoms with Gasteiger partial charge in [-0.3, -0.25) is 9.69 Å². The van der Waals surface area contributed by atoms with E-state index in [0.717, 1.165) is 62.9 Å². The van der Waals surface area contributed by atoms with Gasteiger partial charge >= 0.3 is 12.1 Å². The number of carboxylic acids is 1. The molecule has 3 fully saturated rings. The third-order valence-corrected chi connectivity index (χ3v) is 9.59. The smallest absolute Gasteiger partial charge is 0.416 e. The fourth-order valence-electron chi connectivity index (χ4n) is 7.09. The highest BCUT2D eigenvalue weighted by atomic mass is 19.4. The van der Waals surface area contributed by atoms with Crippen LogP contribution in [-0.4, -0.2) is 69.8 Å². The van der Waals surface area contributed by atoms with Gasteiger partial charge < -0.3 is 19.8 Å². The Kier molecular flexibility index (Phi) is 7.55. The van der Waals surface area contributed by atoms with Crippen molar-refractivity contribution in [3.63, 3.8) is 0 Å². The van der Waals surface area contributed by atoms with Gasteiger partial charge in [0, 0.05) is 12.6 Å². The zero-order valence-corrected chi connectivity index (χ0v) is 23.1. The van der Waals surface area contributed by atoms with Gasteiger partial charge in [0.25, 0.3) is 5.91 Å². The quantitative estimate of drug-likeness (QED) is 0.470. The second-order valence-corrected chi connectivity index (χ2v) is 12.1. The van der Waals surface area contributed by atoms with Crippen LogP contribution in [-0.2, 0) is 22.3 Å². The number of aliphatic hydroxyl groups excluding tert-OH is 1.